The van der Waals surface area contributed by atoms with Crippen LogP contribution in [0.4, 0.5) is 4.39 Å². The Kier molecular flexibility index (Phi) is 4.94. The summed E-state index contributed by atoms with van der Waals surface area (Å²) < 4.78 is 15.2. The van der Waals surface area contributed by atoms with E-state index in [0.717, 1.165) is 10.0 Å². The summed E-state index contributed by atoms with van der Waals surface area (Å²) in [5.41, 5.74) is 0.977. The standard InChI is InChI=1S/C15H12Br2FNO/c1-9(11-4-2-3-5-13(11)17)19-15(20)12-7-6-10(16)8-14(12)18/h2-9H,1H3,(H,19,20). The fraction of sp³-hybridized carbons (Fsp3) is 0.133. The zero-order chi connectivity index (χ0) is 14.7. The second-order valence-corrected chi connectivity index (χ2v) is 6.11. The van der Waals surface area contributed by atoms with E-state index in [1.165, 1.54) is 12.1 Å². The van der Waals surface area contributed by atoms with Gasteiger partial charge in [0.15, 0.2) is 0 Å². The van der Waals surface area contributed by atoms with Crippen LogP contribution in [0.15, 0.2) is 51.4 Å². The fourth-order valence-electron chi connectivity index (χ4n) is 1.85. The molecule has 0 heterocycles. The highest BCUT2D eigenvalue weighted by Gasteiger charge is 2.16. The van der Waals surface area contributed by atoms with Crippen LogP contribution in [0.5, 0.6) is 0 Å². The van der Waals surface area contributed by atoms with Crippen LogP contribution in [0.2, 0.25) is 0 Å². The number of nitrogens with one attached hydrogen (secondary N) is 1. The zero-order valence-electron chi connectivity index (χ0n) is 10.7. The number of hydrogen-bond donors (Lipinski definition) is 1. The Labute approximate surface area is 133 Å². The largest absolute Gasteiger partial charge is 0.345 e. The molecule has 0 saturated carbocycles. The van der Waals surface area contributed by atoms with E-state index in [1.54, 1.807) is 6.07 Å². The monoisotopic (exact) mass is 399 g/mol. The van der Waals surface area contributed by atoms with Crippen LogP contribution in [-0.2, 0) is 0 Å². The summed E-state index contributed by atoms with van der Waals surface area (Å²) in [5.74, 6) is -0.977. The van der Waals surface area contributed by atoms with Gasteiger partial charge in [-0.1, -0.05) is 50.1 Å². The van der Waals surface area contributed by atoms with Crippen molar-refractivity contribution >= 4 is 37.8 Å². The smallest absolute Gasteiger partial charge is 0.254 e. The first-order valence-corrected chi connectivity index (χ1v) is 7.58. The van der Waals surface area contributed by atoms with Gasteiger partial charge in [0.05, 0.1) is 11.6 Å². The minimum Gasteiger partial charge on any atom is -0.345 e. The van der Waals surface area contributed by atoms with E-state index < -0.39 is 11.7 Å². The zero-order valence-corrected chi connectivity index (χ0v) is 13.8. The molecular weight excluding hydrogens is 389 g/mol. The number of halogens is 3. The lowest BCUT2D eigenvalue weighted by molar-refractivity contribution is 0.0935. The minimum atomic E-state index is -0.545. The van der Waals surface area contributed by atoms with Crippen LogP contribution in [0.3, 0.4) is 0 Å². The molecule has 0 aliphatic carbocycles. The molecule has 104 valence electrons. The molecule has 2 aromatic carbocycles. The van der Waals surface area contributed by atoms with Gasteiger partial charge in [0, 0.05) is 8.95 Å². The van der Waals surface area contributed by atoms with Gasteiger partial charge in [0.2, 0.25) is 0 Å². The van der Waals surface area contributed by atoms with Gasteiger partial charge in [-0.05, 0) is 36.8 Å². The van der Waals surface area contributed by atoms with Gasteiger partial charge in [-0.2, -0.15) is 0 Å². The molecule has 2 nitrogen and oxygen atoms in total. The lowest BCUT2D eigenvalue weighted by Crippen LogP contribution is -2.27. The van der Waals surface area contributed by atoms with Crippen molar-refractivity contribution in [3.8, 4) is 0 Å². The lowest BCUT2D eigenvalue weighted by atomic mass is 10.1. The second kappa shape index (κ2) is 6.50. The molecule has 2 rings (SSSR count). The Bertz CT molecular complexity index is 646. The molecule has 0 radical (unpaired) electrons. The second-order valence-electron chi connectivity index (χ2n) is 4.34. The van der Waals surface area contributed by atoms with Gasteiger partial charge in [0.25, 0.3) is 5.91 Å². The number of amides is 1. The summed E-state index contributed by atoms with van der Waals surface area (Å²) in [4.78, 5) is 12.1. The first-order valence-electron chi connectivity index (χ1n) is 5.99. The van der Waals surface area contributed by atoms with E-state index in [-0.39, 0.29) is 11.6 Å². The van der Waals surface area contributed by atoms with E-state index in [9.17, 15) is 9.18 Å². The number of carbonyl (C=O) groups excluding carboxylic acids is 1. The third-order valence-corrected chi connectivity index (χ3v) is 4.11. The summed E-state index contributed by atoms with van der Waals surface area (Å²) in [6.45, 7) is 1.86. The first kappa shape index (κ1) is 15.2. The van der Waals surface area contributed by atoms with Crippen molar-refractivity contribution in [2.45, 2.75) is 13.0 Å². The van der Waals surface area contributed by atoms with Crippen molar-refractivity contribution in [2.24, 2.45) is 0 Å². The molecular formula is C15H12Br2FNO. The predicted octanol–water partition coefficient (Wildman–Crippen LogP) is 4.84. The number of hydrogen-bond acceptors (Lipinski definition) is 1. The molecule has 2 aromatic rings. The van der Waals surface area contributed by atoms with E-state index in [1.807, 2.05) is 31.2 Å². The molecule has 20 heavy (non-hydrogen) atoms. The molecule has 0 fully saturated rings. The van der Waals surface area contributed by atoms with Crippen molar-refractivity contribution in [3.05, 3.63) is 68.4 Å². The van der Waals surface area contributed by atoms with Crippen molar-refractivity contribution in [1.29, 1.82) is 0 Å². The quantitative estimate of drug-likeness (QED) is 0.784. The van der Waals surface area contributed by atoms with Gasteiger partial charge < -0.3 is 5.32 Å². The molecule has 0 saturated heterocycles. The van der Waals surface area contributed by atoms with Crippen molar-refractivity contribution in [3.63, 3.8) is 0 Å². The first-order chi connectivity index (χ1) is 9.49. The van der Waals surface area contributed by atoms with Crippen LogP contribution in [0.25, 0.3) is 0 Å². The minimum absolute atomic E-state index is 0.0344. The maximum atomic E-state index is 13.7. The molecule has 1 N–H and O–H groups in total. The molecule has 0 aliphatic heterocycles. The molecule has 0 aromatic heterocycles. The predicted molar refractivity (Wildman–Crippen MR) is 84.1 cm³/mol. The van der Waals surface area contributed by atoms with Crippen LogP contribution < -0.4 is 5.32 Å². The normalized spacial score (nSPS) is 12.0. The van der Waals surface area contributed by atoms with Crippen LogP contribution in [0, 0.1) is 5.82 Å². The average molecular weight is 401 g/mol. The maximum Gasteiger partial charge on any atom is 0.254 e. The third-order valence-electron chi connectivity index (χ3n) is 2.90. The SMILES string of the molecule is CC(NC(=O)c1ccc(Br)cc1F)c1ccccc1Br. The van der Waals surface area contributed by atoms with Gasteiger partial charge in [-0.25, -0.2) is 4.39 Å². The fourth-order valence-corrected chi connectivity index (χ4v) is 2.81. The molecule has 1 unspecified atom stereocenters. The molecule has 1 atom stereocenters. The maximum absolute atomic E-state index is 13.7. The average Bonchev–Trinajstić information content (AvgIpc) is 2.38. The van der Waals surface area contributed by atoms with Gasteiger partial charge in [-0.3, -0.25) is 4.79 Å². The van der Waals surface area contributed by atoms with Crippen LogP contribution in [0.1, 0.15) is 28.9 Å². The van der Waals surface area contributed by atoms with Gasteiger partial charge in [-0.15, -0.1) is 0 Å². The molecule has 5 heteroatoms. The summed E-state index contributed by atoms with van der Waals surface area (Å²) >= 11 is 6.60. The highest BCUT2D eigenvalue weighted by molar-refractivity contribution is 9.10. The third kappa shape index (κ3) is 3.46. The van der Waals surface area contributed by atoms with Crippen molar-refractivity contribution < 1.29 is 9.18 Å². The number of carbonyl (C=O) groups is 1. The Hall–Kier alpha value is -1.20. The highest BCUT2D eigenvalue weighted by atomic mass is 79.9. The summed E-state index contributed by atoms with van der Waals surface area (Å²) in [7, 11) is 0. The topological polar surface area (TPSA) is 29.1 Å². The van der Waals surface area contributed by atoms with Crippen molar-refractivity contribution in [2.75, 3.05) is 0 Å². The number of rotatable bonds is 3. The number of benzene rings is 2. The highest BCUT2D eigenvalue weighted by Crippen LogP contribution is 2.23. The van der Waals surface area contributed by atoms with Crippen molar-refractivity contribution in [1.82, 2.24) is 5.32 Å². The Morgan fingerprint density at radius 2 is 1.90 bits per heavy atom. The summed E-state index contributed by atoms with van der Waals surface area (Å²) in [5, 5.41) is 2.79. The molecule has 0 bridgehead atoms. The summed E-state index contributed by atoms with van der Waals surface area (Å²) in [6.07, 6.45) is 0. The van der Waals surface area contributed by atoms with E-state index in [4.69, 9.17) is 0 Å². The lowest BCUT2D eigenvalue weighted by Gasteiger charge is -2.16. The van der Waals surface area contributed by atoms with Crippen LogP contribution in [-0.4, -0.2) is 5.91 Å². The Morgan fingerprint density at radius 1 is 1.20 bits per heavy atom. The summed E-state index contributed by atoms with van der Waals surface area (Å²) in [6, 6.07) is 11.8. The molecule has 0 spiro atoms. The van der Waals surface area contributed by atoms with Crippen LogP contribution >= 0.6 is 31.9 Å². The molecule has 1 amide bonds. The van der Waals surface area contributed by atoms with E-state index in [2.05, 4.69) is 37.2 Å². The van der Waals surface area contributed by atoms with E-state index in [0.29, 0.717) is 4.47 Å². The Balaban J connectivity index is 2.17. The Morgan fingerprint density at radius 3 is 2.55 bits per heavy atom. The van der Waals surface area contributed by atoms with Gasteiger partial charge >= 0.3 is 0 Å². The van der Waals surface area contributed by atoms with E-state index >= 15 is 0 Å². The molecule has 0 aliphatic rings. The van der Waals surface area contributed by atoms with Gasteiger partial charge in [0.1, 0.15) is 5.82 Å².